The van der Waals surface area contributed by atoms with Crippen molar-refractivity contribution in [1.82, 2.24) is 0 Å². The largest absolute Gasteiger partial charge is 0.544 e. The summed E-state index contributed by atoms with van der Waals surface area (Å²) in [4.78, 5) is 0. The van der Waals surface area contributed by atoms with Crippen LogP contribution in [0.25, 0.3) is 5.76 Å². The Morgan fingerprint density at radius 2 is 1.94 bits per heavy atom. The monoisotopic (exact) mass is 234 g/mol. The molecule has 3 heteroatoms. The molecule has 1 aliphatic carbocycles. The molecule has 0 saturated heterocycles. The number of benzene rings is 1. The van der Waals surface area contributed by atoms with Crippen LogP contribution < -0.4 is 4.74 Å². The summed E-state index contributed by atoms with van der Waals surface area (Å²) < 4.78 is 11.4. The smallest absolute Gasteiger partial charge is 0.242 e. The van der Waals surface area contributed by atoms with E-state index in [2.05, 4.69) is 31.8 Å². The van der Waals surface area contributed by atoms with Gasteiger partial charge in [-0.1, -0.05) is 12.1 Å². The Bertz CT molecular complexity index is 430. The Labute approximate surface area is 98.0 Å². The zero-order chi connectivity index (χ0) is 11.8. The van der Waals surface area contributed by atoms with E-state index in [4.69, 9.17) is 9.16 Å². The highest BCUT2D eigenvalue weighted by Gasteiger charge is 2.24. The van der Waals surface area contributed by atoms with E-state index in [0.717, 1.165) is 17.9 Å². The fraction of sp³-hybridized carbons (Fsp3) is 0.385. The van der Waals surface area contributed by atoms with Crippen LogP contribution in [-0.2, 0) is 10.8 Å². The second kappa shape index (κ2) is 3.98. The number of allylic oxidation sites excluding steroid dienone is 1. The fourth-order valence-corrected chi connectivity index (χ4v) is 2.78. The van der Waals surface area contributed by atoms with Gasteiger partial charge in [-0.15, -0.1) is 0 Å². The van der Waals surface area contributed by atoms with Gasteiger partial charge in [0.05, 0.1) is 7.11 Å². The van der Waals surface area contributed by atoms with E-state index < -0.39 is 8.32 Å². The number of hydrogen-bond acceptors (Lipinski definition) is 2. The molecule has 0 spiro atoms. The molecule has 0 fully saturated rings. The predicted molar refractivity (Wildman–Crippen MR) is 69.1 cm³/mol. The third-order valence-corrected chi connectivity index (χ3v) is 3.36. The SMILES string of the molecule is COc1cccc2c1CC=C2O[Si](C)(C)C. The van der Waals surface area contributed by atoms with E-state index in [0.29, 0.717) is 0 Å². The van der Waals surface area contributed by atoms with Crippen LogP contribution in [0.3, 0.4) is 0 Å². The van der Waals surface area contributed by atoms with Crippen molar-refractivity contribution in [2.24, 2.45) is 0 Å². The van der Waals surface area contributed by atoms with Crippen LogP contribution >= 0.6 is 0 Å². The van der Waals surface area contributed by atoms with Crippen LogP contribution in [0, 0.1) is 0 Å². The molecule has 0 saturated carbocycles. The first-order valence-corrected chi connectivity index (χ1v) is 8.97. The molecule has 0 aromatic heterocycles. The fourth-order valence-electron chi connectivity index (χ4n) is 1.93. The molecule has 1 aromatic rings. The van der Waals surface area contributed by atoms with Crippen LogP contribution in [0.2, 0.25) is 19.6 Å². The Hall–Kier alpha value is -1.22. The Morgan fingerprint density at radius 1 is 1.19 bits per heavy atom. The van der Waals surface area contributed by atoms with Crippen molar-refractivity contribution in [2.45, 2.75) is 26.1 Å². The molecule has 0 unspecified atom stereocenters. The van der Waals surface area contributed by atoms with Crippen molar-refractivity contribution in [1.29, 1.82) is 0 Å². The highest BCUT2D eigenvalue weighted by atomic mass is 28.4. The maximum atomic E-state index is 6.07. The normalized spacial score (nSPS) is 14.4. The minimum absolute atomic E-state index is 0.916. The molecule has 86 valence electrons. The van der Waals surface area contributed by atoms with Gasteiger partial charge in [0.15, 0.2) is 0 Å². The third-order valence-electron chi connectivity index (χ3n) is 2.53. The van der Waals surface area contributed by atoms with Crippen molar-refractivity contribution in [3.05, 3.63) is 35.4 Å². The van der Waals surface area contributed by atoms with E-state index in [-0.39, 0.29) is 0 Å². The zero-order valence-electron chi connectivity index (χ0n) is 10.3. The topological polar surface area (TPSA) is 18.5 Å². The molecule has 0 radical (unpaired) electrons. The lowest BCUT2D eigenvalue weighted by Gasteiger charge is -2.21. The number of fused-ring (bicyclic) bond motifs is 1. The molecule has 0 N–H and O–H groups in total. The summed E-state index contributed by atoms with van der Waals surface area (Å²) in [6.45, 7) is 6.60. The van der Waals surface area contributed by atoms with Gasteiger partial charge in [0, 0.05) is 11.1 Å². The van der Waals surface area contributed by atoms with Gasteiger partial charge in [-0.25, -0.2) is 0 Å². The highest BCUT2D eigenvalue weighted by molar-refractivity contribution is 6.70. The summed E-state index contributed by atoms with van der Waals surface area (Å²) in [5.41, 5.74) is 2.44. The first-order valence-electron chi connectivity index (χ1n) is 5.57. The summed E-state index contributed by atoms with van der Waals surface area (Å²) in [6.07, 6.45) is 3.07. The van der Waals surface area contributed by atoms with E-state index >= 15 is 0 Å². The Kier molecular flexibility index (Phi) is 2.80. The van der Waals surface area contributed by atoms with Crippen LogP contribution in [0.15, 0.2) is 24.3 Å². The summed E-state index contributed by atoms with van der Waals surface area (Å²) in [5, 5.41) is 0. The second-order valence-corrected chi connectivity index (χ2v) is 9.40. The molecule has 0 bridgehead atoms. The van der Waals surface area contributed by atoms with Crippen molar-refractivity contribution in [3.63, 3.8) is 0 Å². The molecule has 0 atom stereocenters. The summed E-state index contributed by atoms with van der Waals surface area (Å²) >= 11 is 0. The lowest BCUT2D eigenvalue weighted by atomic mass is 10.1. The van der Waals surface area contributed by atoms with E-state index in [9.17, 15) is 0 Å². The number of hydrogen-bond donors (Lipinski definition) is 0. The van der Waals surface area contributed by atoms with E-state index in [1.54, 1.807) is 7.11 Å². The Morgan fingerprint density at radius 3 is 2.56 bits per heavy atom. The summed E-state index contributed by atoms with van der Waals surface area (Å²) in [7, 11) is 0.188. The molecule has 1 aliphatic rings. The molecule has 0 amide bonds. The lowest BCUT2D eigenvalue weighted by Crippen LogP contribution is -2.24. The molecule has 16 heavy (non-hydrogen) atoms. The molecule has 0 aliphatic heterocycles. The summed E-state index contributed by atoms with van der Waals surface area (Å²) in [5.74, 6) is 2.00. The van der Waals surface area contributed by atoms with Crippen LogP contribution in [0.5, 0.6) is 5.75 Å². The van der Waals surface area contributed by atoms with Gasteiger partial charge in [-0.3, -0.25) is 0 Å². The van der Waals surface area contributed by atoms with Gasteiger partial charge in [-0.2, -0.15) is 0 Å². The average molecular weight is 234 g/mol. The van der Waals surface area contributed by atoms with Crippen molar-refractivity contribution < 1.29 is 9.16 Å². The molecule has 2 nitrogen and oxygen atoms in total. The maximum Gasteiger partial charge on any atom is 0.242 e. The van der Waals surface area contributed by atoms with E-state index in [1.165, 1.54) is 11.1 Å². The highest BCUT2D eigenvalue weighted by Crippen LogP contribution is 2.35. The number of ether oxygens (including phenoxy) is 1. The van der Waals surface area contributed by atoms with Gasteiger partial charge >= 0.3 is 0 Å². The molecule has 1 aromatic carbocycles. The van der Waals surface area contributed by atoms with Crippen LogP contribution in [0.4, 0.5) is 0 Å². The van der Waals surface area contributed by atoms with Crippen molar-refractivity contribution >= 4 is 14.1 Å². The Balaban J connectivity index is 2.32. The first-order chi connectivity index (χ1) is 7.51. The van der Waals surface area contributed by atoms with Crippen molar-refractivity contribution in [2.75, 3.05) is 7.11 Å². The molecule has 0 heterocycles. The first kappa shape index (κ1) is 11.3. The molecular weight excluding hydrogens is 216 g/mol. The third kappa shape index (κ3) is 2.14. The van der Waals surface area contributed by atoms with Gasteiger partial charge in [0.1, 0.15) is 11.5 Å². The van der Waals surface area contributed by atoms with Crippen LogP contribution in [0.1, 0.15) is 11.1 Å². The standard InChI is InChI=1S/C13H18O2Si/c1-14-12-7-5-6-10-11(12)8-9-13(10)15-16(2,3)4/h5-7,9H,8H2,1-4H3. The minimum Gasteiger partial charge on any atom is -0.544 e. The average Bonchev–Trinajstić information content (AvgIpc) is 2.59. The molecule has 2 rings (SSSR count). The quantitative estimate of drug-likeness (QED) is 0.746. The zero-order valence-corrected chi connectivity index (χ0v) is 11.3. The number of rotatable bonds is 3. The summed E-state index contributed by atoms with van der Waals surface area (Å²) in [6, 6.07) is 6.13. The minimum atomic E-state index is -1.53. The van der Waals surface area contributed by atoms with Gasteiger partial charge in [0.25, 0.3) is 0 Å². The molecular formula is C13H18O2Si. The second-order valence-electron chi connectivity index (χ2n) is 4.97. The van der Waals surface area contributed by atoms with Crippen molar-refractivity contribution in [3.8, 4) is 5.75 Å². The van der Waals surface area contributed by atoms with Gasteiger partial charge < -0.3 is 9.16 Å². The van der Waals surface area contributed by atoms with Gasteiger partial charge in [0.2, 0.25) is 8.32 Å². The van der Waals surface area contributed by atoms with Crippen LogP contribution in [-0.4, -0.2) is 15.4 Å². The maximum absolute atomic E-state index is 6.07. The van der Waals surface area contributed by atoms with E-state index in [1.807, 2.05) is 12.1 Å². The van der Waals surface area contributed by atoms with Gasteiger partial charge in [-0.05, 0) is 38.2 Å². The lowest BCUT2D eigenvalue weighted by molar-refractivity contribution is 0.410. The predicted octanol–water partition coefficient (Wildman–Crippen LogP) is 3.44. The number of methoxy groups -OCH3 is 1.